The Morgan fingerprint density at radius 2 is 2.03 bits per heavy atom. The van der Waals surface area contributed by atoms with Gasteiger partial charge in [0.25, 0.3) is 5.91 Å². The summed E-state index contributed by atoms with van der Waals surface area (Å²) in [5, 5.41) is 14.4. The topological polar surface area (TPSA) is 109 Å². The minimum absolute atomic E-state index is 0.187. The molecule has 1 aromatic heterocycles. The second-order valence-corrected chi connectivity index (χ2v) is 8.25. The second-order valence-electron chi connectivity index (χ2n) is 8.25. The van der Waals surface area contributed by atoms with Gasteiger partial charge in [-0.1, -0.05) is 17.7 Å². The monoisotopic (exact) mass is 408 g/mol. The predicted molar refractivity (Wildman–Crippen MR) is 107 cm³/mol. The molecule has 2 fully saturated rings. The Morgan fingerprint density at radius 1 is 1.13 bits per heavy atom. The van der Waals surface area contributed by atoms with E-state index in [0.717, 1.165) is 36.3 Å². The lowest BCUT2D eigenvalue weighted by Crippen LogP contribution is -2.52. The number of nitrogens with zero attached hydrogens (tertiary/aromatic N) is 4. The van der Waals surface area contributed by atoms with Crippen LogP contribution in [0, 0.1) is 0 Å². The molecule has 3 aliphatic heterocycles. The number of hydrogen-bond acceptors (Lipinski definition) is 6. The van der Waals surface area contributed by atoms with Crippen LogP contribution >= 0.6 is 0 Å². The van der Waals surface area contributed by atoms with Gasteiger partial charge in [-0.25, -0.2) is 4.68 Å². The molecule has 5 rings (SSSR count). The SMILES string of the molecule is O=C1CCC(N2Cc3ccc(-n4cc(CC5CCCCN5)nn4)cc3C2=O)C(=O)N1. The predicted octanol–water partition coefficient (Wildman–Crippen LogP) is 0.713. The Balaban J connectivity index is 1.32. The number of carbonyl (C=O) groups is 3. The molecule has 2 saturated heterocycles. The van der Waals surface area contributed by atoms with Crippen molar-refractivity contribution in [2.45, 2.75) is 57.2 Å². The Labute approximate surface area is 173 Å². The molecule has 3 amide bonds. The molecule has 30 heavy (non-hydrogen) atoms. The average Bonchev–Trinajstić information content (AvgIpc) is 3.33. The number of carbonyl (C=O) groups excluding carboxylic acids is 3. The van der Waals surface area contributed by atoms with Crippen molar-refractivity contribution in [3.05, 3.63) is 41.2 Å². The average molecular weight is 408 g/mol. The maximum atomic E-state index is 13.0. The molecule has 0 radical (unpaired) electrons. The zero-order chi connectivity index (χ0) is 20.7. The maximum absolute atomic E-state index is 13.0. The zero-order valence-electron chi connectivity index (χ0n) is 16.6. The highest BCUT2D eigenvalue weighted by Crippen LogP contribution is 2.29. The maximum Gasteiger partial charge on any atom is 0.255 e. The van der Waals surface area contributed by atoms with E-state index >= 15 is 0 Å². The molecule has 1 aromatic carbocycles. The minimum Gasteiger partial charge on any atom is -0.322 e. The number of nitrogens with one attached hydrogen (secondary N) is 2. The summed E-state index contributed by atoms with van der Waals surface area (Å²) in [6.45, 7) is 1.42. The Kier molecular flexibility index (Phi) is 4.82. The van der Waals surface area contributed by atoms with Gasteiger partial charge in [0.2, 0.25) is 11.8 Å². The number of fused-ring (bicyclic) bond motifs is 1. The van der Waals surface area contributed by atoms with E-state index in [1.807, 2.05) is 18.3 Å². The van der Waals surface area contributed by atoms with Crippen molar-refractivity contribution in [3.63, 3.8) is 0 Å². The van der Waals surface area contributed by atoms with Gasteiger partial charge in [-0.15, -0.1) is 5.10 Å². The summed E-state index contributed by atoms with van der Waals surface area (Å²) < 4.78 is 1.69. The van der Waals surface area contributed by atoms with Gasteiger partial charge in [0.1, 0.15) is 6.04 Å². The van der Waals surface area contributed by atoms with Gasteiger partial charge in [0.05, 0.1) is 17.6 Å². The van der Waals surface area contributed by atoms with E-state index in [0.29, 0.717) is 24.6 Å². The van der Waals surface area contributed by atoms with Gasteiger partial charge in [-0.05, 0) is 43.5 Å². The van der Waals surface area contributed by atoms with E-state index in [2.05, 4.69) is 20.9 Å². The standard InChI is InChI=1S/C21H24N6O3/c28-19-7-6-18(20(29)23-19)26-11-13-4-5-16(10-17(13)21(26)30)27-12-15(24-25-27)9-14-3-1-2-8-22-14/h4-5,10,12,14,18,22H,1-3,6-9,11H2,(H,23,28,29). The smallest absolute Gasteiger partial charge is 0.255 e. The molecule has 0 saturated carbocycles. The molecule has 2 aromatic rings. The minimum atomic E-state index is -0.605. The Bertz CT molecular complexity index is 1010. The normalized spacial score (nSPS) is 24.1. The summed E-state index contributed by atoms with van der Waals surface area (Å²) in [6.07, 6.45) is 6.97. The Hall–Kier alpha value is -3.07. The largest absolute Gasteiger partial charge is 0.322 e. The highest BCUT2D eigenvalue weighted by Gasteiger charge is 2.39. The van der Waals surface area contributed by atoms with Crippen molar-refractivity contribution in [1.82, 2.24) is 30.5 Å². The van der Waals surface area contributed by atoms with E-state index in [1.54, 1.807) is 15.6 Å². The lowest BCUT2D eigenvalue weighted by atomic mass is 10.0. The number of imide groups is 1. The van der Waals surface area contributed by atoms with Crippen LogP contribution in [0.3, 0.4) is 0 Å². The van der Waals surface area contributed by atoms with E-state index in [9.17, 15) is 14.4 Å². The van der Waals surface area contributed by atoms with Crippen LogP contribution in [0.25, 0.3) is 5.69 Å². The number of piperidine rings is 2. The third-order valence-corrected chi connectivity index (χ3v) is 6.19. The van der Waals surface area contributed by atoms with Crippen LogP contribution in [0.15, 0.2) is 24.4 Å². The van der Waals surface area contributed by atoms with Crippen LogP contribution in [0.4, 0.5) is 0 Å². The fourth-order valence-corrected chi connectivity index (χ4v) is 4.55. The number of amides is 3. The zero-order valence-corrected chi connectivity index (χ0v) is 16.6. The summed E-state index contributed by atoms with van der Waals surface area (Å²) in [6, 6.07) is 5.45. The fraction of sp³-hybridized carbons (Fsp3) is 0.476. The summed E-state index contributed by atoms with van der Waals surface area (Å²) in [5.41, 5.74) is 3.14. The van der Waals surface area contributed by atoms with Gasteiger partial charge >= 0.3 is 0 Å². The van der Waals surface area contributed by atoms with E-state index in [-0.39, 0.29) is 18.2 Å². The van der Waals surface area contributed by atoms with E-state index in [4.69, 9.17) is 0 Å². The van der Waals surface area contributed by atoms with Crippen molar-refractivity contribution in [1.29, 1.82) is 0 Å². The molecule has 9 nitrogen and oxygen atoms in total. The van der Waals surface area contributed by atoms with Crippen LogP contribution in [0.2, 0.25) is 0 Å². The Morgan fingerprint density at radius 3 is 2.83 bits per heavy atom. The van der Waals surface area contributed by atoms with Crippen LogP contribution in [-0.4, -0.2) is 56.2 Å². The number of aromatic nitrogens is 3. The van der Waals surface area contributed by atoms with Crippen molar-refractivity contribution < 1.29 is 14.4 Å². The summed E-state index contributed by atoms with van der Waals surface area (Å²) in [4.78, 5) is 38.1. The van der Waals surface area contributed by atoms with Crippen molar-refractivity contribution in [2.75, 3.05) is 6.54 Å². The molecule has 156 valence electrons. The highest BCUT2D eigenvalue weighted by molar-refractivity contribution is 6.05. The number of benzene rings is 1. The highest BCUT2D eigenvalue weighted by atomic mass is 16.2. The number of rotatable bonds is 4. The lowest BCUT2D eigenvalue weighted by Gasteiger charge is -2.29. The third-order valence-electron chi connectivity index (χ3n) is 6.19. The van der Waals surface area contributed by atoms with E-state index < -0.39 is 11.9 Å². The van der Waals surface area contributed by atoms with Crippen LogP contribution in [-0.2, 0) is 22.6 Å². The summed E-state index contributed by atoms with van der Waals surface area (Å²) in [5.74, 6) is -0.869. The van der Waals surface area contributed by atoms with Crippen LogP contribution in [0.5, 0.6) is 0 Å². The molecule has 2 atom stereocenters. The first-order chi connectivity index (χ1) is 14.6. The van der Waals surface area contributed by atoms with Crippen LogP contribution in [0.1, 0.15) is 53.7 Å². The lowest BCUT2D eigenvalue weighted by molar-refractivity contribution is -0.136. The first kappa shape index (κ1) is 18.9. The van der Waals surface area contributed by atoms with Crippen molar-refractivity contribution in [3.8, 4) is 5.69 Å². The van der Waals surface area contributed by atoms with Crippen molar-refractivity contribution in [2.24, 2.45) is 0 Å². The third kappa shape index (κ3) is 3.49. The molecular weight excluding hydrogens is 384 g/mol. The molecule has 0 bridgehead atoms. The van der Waals surface area contributed by atoms with Gasteiger partial charge in [0, 0.05) is 31.0 Å². The molecule has 2 N–H and O–H groups in total. The molecule has 4 heterocycles. The van der Waals surface area contributed by atoms with Gasteiger partial charge < -0.3 is 10.2 Å². The van der Waals surface area contributed by atoms with E-state index in [1.165, 1.54) is 12.8 Å². The molecule has 2 unspecified atom stereocenters. The quantitative estimate of drug-likeness (QED) is 0.722. The molecule has 9 heteroatoms. The number of hydrogen-bond donors (Lipinski definition) is 2. The molecule has 0 aliphatic carbocycles. The van der Waals surface area contributed by atoms with Gasteiger partial charge in [-0.3, -0.25) is 19.7 Å². The summed E-state index contributed by atoms with van der Waals surface area (Å²) >= 11 is 0. The molecular formula is C21H24N6O3. The fourth-order valence-electron chi connectivity index (χ4n) is 4.55. The molecule has 3 aliphatic rings. The van der Waals surface area contributed by atoms with Gasteiger partial charge in [-0.2, -0.15) is 0 Å². The first-order valence-electron chi connectivity index (χ1n) is 10.5. The van der Waals surface area contributed by atoms with Gasteiger partial charge in [0.15, 0.2) is 0 Å². The first-order valence-corrected chi connectivity index (χ1v) is 10.5. The molecule has 0 spiro atoms. The van der Waals surface area contributed by atoms with Crippen LogP contribution < -0.4 is 10.6 Å². The van der Waals surface area contributed by atoms with Crippen molar-refractivity contribution >= 4 is 17.7 Å². The second kappa shape index (κ2) is 7.64. The summed E-state index contributed by atoms with van der Waals surface area (Å²) in [7, 11) is 0.